The van der Waals surface area contributed by atoms with Gasteiger partial charge in [0.2, 0.25) is 0 Å². The van der Waals surface area contributed by atoms with Crippen molar-refractivity contribution < 1.29 is 5.11 Å². The summed E-state index contributed by atoms with van der Waals surface area (Å²) in [6.45, 7) is 2.71. The maximum atomic E-state index is 9.00. The molecule has 2 atom stereocenters. The number of halogens is 1. The molecule has 94 valence electrons. The zero-order valence-corrected chi connectivity index (χ0v) is 10.6. The summed E-state index contributed by atoms with van der Waals surface area (Å²) >= 11 is 6.01. The number of hydrogen-bond donors (Lipinski definition) is 2. The molecule has 0 radical (unpaired) electrons. The Bertz CT molecular complexity index is 372. The molecule has 0 spiro atoms. The largest absolute Gasteiger partial charge is 0.395 e. The molecule has 1 heterocycles. The van der Waals surface area contributed by atoms with Crippen LogP contribution in [0.15, 0.2) is 24.3 Å². The van der Waals surface area contributed by atoms with E-state index in [1.807, 2.05) is 18.2 Å². The normalized spacial score (nSPS) is 26.1. The molecule has 3 N–H and O–H groups in total. The topological polar surface area (TPSA) is 49.5 Å². The fraction of sp³-hybridized carbons (Fsp3) is 0.538. The molecule has 17 heavy (non-hydrogen) atoms. The van der Waals surface area contributed by atoms with Crippen molar-refractivity contribution in [2.75, 3.05) is 26.2 Å². The van der Waals surface area contributed by atoms with Crippen LogP contribution < -0.4 is 5.73 Å². The molecular formula is C13H19ClN2O. The van der Waals surface area contributed by atoms with Crippen LogP contribution in [0.1, 0.15) is 17.9 Å². The second-order valence-electron chi connectivity index (χ2n) is 4.73. The van der Waals surface area contributed by atoms with Crippen LogP contribution in [0.5, 0.6) is 0 Å². The first-order valence-electron chi connectivity index (χ1n) is 6.03. The van der Waals surface area contributed by atoms with E-state index in [4.69, 9.17) is 22.4 Å². The van der Waals surface area contributed by atoms with E-state index in [1.165, 1.54) is 5.56 Å². The quantitative estimate of drug-likeness (QED) is 0.859. The molecule has 0 aromatic heterocycles. The van der Waals surface area contributed by atoms with Gasteiger partial charge in [-0.3, -0.25) is 4.90 Å². The number of aliphatic hydroxyl groups excluding tert-OH is 1. The van der Waals surface area contributed by atoms with E-state index in [1.54, 1.807) is 0 Å². The number of piperidine rings is 1. The number of hydrogen-bond acceptors (Lipinski definition) is 3. The van der Waals surface area contributed by atoms with Gasteiger partial charge in [0.05, 0.1) is 6.61 Å². The Morgan fingerprint density at radius 3 is 2.94 bits per heavy atom. The molecule has 0 saturated carbocycles. The van der Waals surface area contributed by atoms with Crippen molar-refractivity contribution in [1.29, 1.82) is 0 Å². The zero-order valence-electron chi connectivity index (χ0n) is 9.85. The Kier molecular flexibility index (Phi) is 4.40. The van der Waals surface area contributed by atoms with E-state index < -0.39 is 0 Å². The van der Waals surface area contributed by atoms with Crippen LogP contribution in [0.25, 0.3) is 0 Å². The van der Waals surface area contributed by atoms with E-state index in [2.05, 4.69) is 11.0 Å². The molecule has 1 saturated heterocycles. The van der Waals surface area contributed by atoms with Crippen LogP contribution in [-0.4, -0.2) is 42.3 Å². The molecule has 2 unspecified atom stereocenters. The van der Waals surface area contributed by atoms with E-state index in [9.17, 15) is 0 Å². The van der Waals surface area contributed by atoms with Crippen LogP contribution in [-0.2, 0) is 0 Å². The van der Waals surface area contributed by atoms with Crippen molar-refractivity contribution in [1.82, 2.24) is 4.90 Å². The molecule has 3 nitrogen and oxygen atoms in total. The fourth-order valence-corrected chi connectivity index (χ4v) is 2.76. The van der Waals surface area contributed by atoms with Gasteiger partial charge >= 0.3 is 0 Å². The lowest BCUT2D eigenvalue weighted by atomic mass is 9.88. The zero-order chi connectivity index (χ0) is 12.3. The summed E-state index contributed by atoms with van der Waals surface area (Å²) in [5, 5.41) is 9.78. The molecule has 0 amide bonds. The van der Waals surface area contributed by atoms with Crippen LogP contribution in [0.4, 0.5) is 0 Å². The van der Waals surface area contributed by atoms with Gasteiger partial charge in [-0.2, -0.15) is 0 Å². The second-order valence-corrected chi connectivity index (χ2v) is 5.17. The summed E-state index contributed by atoms with van der Waals surface area (Å²) < 4.78 is 0. The van der Waals surface area contributed by atoms with Gasteiger partial charge in [-0.15, -0.1) is 0 Å². The summed E-state index contributed by atoms with van der Waals surface area (Å²) in [4.78, 5) is 2.22. The Hall–Kier alpha value is -0.610. The van der Waals surface area contributed by atoms with Crippen molar-refractivity contribution in [3.8, 4) is 0 Å². The molecule has 4 heteroatoms. The number of benzene rings is 1. The molecular weight excluding hydrogens is 236 g/mol. The van der Waals surface area contributed by atoms with E-state index in [-0.39, 0.29) is 12.6 Å². The highest BCUT2D eigenvalue weighted by Crippen LogP contribution is 2.27. The molecule has 1 fully saturated rings. The Morgan fingerprint density at radius 1 is 1.41 bits per heavy atom. The summed E-state index contributed by atoms with van der Waals surface area (Å²) in [5.41, 5.74) is 7.31. The average molecular weight is 255 g/mol. The predicted molar refractivity (Wildman–Crippen MR) is 70.3 cm³/mol. The van der Waals surface area contributed by atoms with E-state index >= 15 is 0 Å². The first-order valence-corrected chi connectivity index (χ1v) is 6.41. The van der Waals surface area contributed by atoms with Gasteiger partial charge in [0, 0.05) is 30.7 Å². The number of β-amino-alcohol motifs (C(OH)–C–C–N with tert-alkyl or cyclic N) is 1. The SMILES string of the molecule is NC1CC(c2cccc(Cl)c2)CN(CCO)C1. The van der Waals surface area contributed by atoms with Crippen molar-refractivity contribution in [2.24, 2.45) is 5.73 Å². The van der Waals surface area contributed by atoms with Crippen LogP contribution in [0, 0.1) is 0 Å². The lowest BCUT2D eigenvalue weighted by molar-refractivity contribution is 0.149. The third kappa shape index (κ3) is 3.42. The number of likely N-dealkylation sites (tertiary alicyclic amines) is 1. The summed E-state index contributed by atoms with van der Waals surface area (Å²) in [6.07, 6.45) is 0.988. The fourth-order valence-electron chi connectivity index (χ4n) is 2.56. The van der Waals surface area contributed by atoms with Crippen molar-refractivity contribution in [2.45, 2.75) is 18.4 Å². The van der Waals surface area contributed by atoms with Gasteiger partial charge in [0.1, 0.15) is 0 Å². The van der Waals surface area contributed by atoms with Gasteiger partial charge in [0.15, 0.2) is 0 Å². The van der Waals surface area contributed by atoms with Crippen LogP contribution >= 0.6 is 11.6 Å². The predicted octanol–water partition coefficient (Wildman–Crippen LogP) is 1.45. The Morgan fingerprint density at radius 2 is 2.24 bits per heavy atom. The van der Waals surface area contributed by atoms with Gasteiger partial charge < -0.3 is 10.8 Å². The third-order valence-corrected chi connectivity index (χ3v) is 3.53. The first kappa shape index (κ1) is 12.8. The highest BCUT2D eigenvalue weighted by atomic mass is 35.5. The Balaban J connectivity index is 2.09. The van der Waals surface area contributed by atoms with Crippen LogP contribution in [0.3, 0.4) is 0 Å². The lowest BCUT2D eigenvalue weighted by Gasteiger charge is -2.36. The highest BCUT2D eigenvalue weighted by molar-refractivity contribution is 6.30. The van der Waals surface area contributed by atoms with E-state index in [0.29, 0.717) is 12.5 Å². The third-order valence-electron chi connectivity index (χ3n) is 3.29. The minimum Gasteiger partial charge on any atom is -0.395 e. The average Bonchev–Trinajstić information content (AvgIpc) is 2.28. The van der Waals surface area contributed by atoms with Crippen molar-refractivity contribution >= 4 is 11.6 Å². The second kappa shape index (κ2) is 5.83. The molecule has 1 aliphatic heterocycles. The van der Waals surface area contributed by atoms with E-state index in [0.717, 1.165) is 24.5 Å². The molecule has 1 aromatic rings. The van der Waals surface area contributed by atoms with Gasteiger partial charge in [-0.05, 0) is 30.0 Å². The number of nitrogens with zero attached hydrogens (tertiary/aromatic N) is 1. The number of rotatable bonds is 3. The molecule has 1 aliphatic rings. The van der Waals surface area contributed by atoms with Crippen LogP contribution in [0.2, 0.25) is 5.02 Å². The maximum absolute atomic E-state index is 9.00. The molecule has 1 aromatic carbocycles. The van der Waals surface area contributed by atoms with Gasteiger partial charge in [-0.1, -0.05) is 23.7 Å². The van der Waals surface area contributed by atoms with Crippen molar-refractivity contribution in [3.05, 3.63) is 34.9 Å². The maximum Gasteiger partial charge on any atom is 0.0558 e. The molecule has 0 aliphatic carbocycles. The lowest BCUT2D eigenvalue weighted by Crippen LogP contribution is -2.47. The number of nitrogens with two attached hydrogens (primary N) is 1. The summed E-state index contributed by atoms with van der Waals surface area (Å²) in [7, 11) is 0. The minimum atomic E-state index is 0.180. The van der Waals surface area contributed by atoms with Crippen molar-refractivity contribution in [3.63, 3.8) is 0 Å². The number of aliphatic hydroxyl groups is 1. The Labute approximate surface area is 107 Å². The minimum absolute atomic E-state index is 0.180. The smallest absolute Gasteiger partial charge is 0.0558 e. The standard InChI is InChI=1S/C13H19ClN2O/c14-12-3-1-2-10(6-12)11-7-13(15)9-16(8-11)4-5-17/h1-3,6,11,13,17H,4-5,7-9,15H2. The monoisotopic (exact) mass is 254 g/mol. The van der Waals surface area contributed by atoms with Gasteiger partial charge in [-0.25, -0.2) is 0 Å². The highest BCUT2D eigenvalue weighted by Gasteiger charge is 2.25. The molecule has 2 rings (SSSR count). The first-order chi connectivity index (χ1) is 8.19. The van der Waals surface area contributed by atoms with Gasteiger partial charge in [0.25, 0.3) is 0 Å². The molecule has 0 bridgehead atoms. The summed E-state index contributed by atoms with van der Waals surface area (Å²) in [6, 6.07) is 8.17. The summed E-state index contributed by atoms with van der Waals surface area (Å²) in [5.74, 6) is 0.420.